The summed E-state index contributed by atoms with van der Waals surface area (Å²) in [7, 11) is -3.86. The standard InChI is InChI=1S/C18H19NO3S/c1-14-8-5-6-11-16(14)23(21,22)19-17(20)18(12-7-13-18)15-9-3-2-4-10-15/h2-6,8-11H,7,12-13H2,1H3,(H,19,20). The van der Waals surface area contributed by atoms with Gasteiger partial charge in [-0.1, -0.05) is 55.0 Å². The monoisotopic (exact) mass is 329 g/mol. The molecule has 0 radical (unpaired) electrons. The lowest BCUT2D eigenvalue weighted by atomic mass is 9.64. The lowest BCUT2D eigenvalue weighted by Crippen LogP contribution is -2.50. The minimum Gasteiger partial charge on any atom is -0.273 e. The van der Waals surface area contributed by atoms with Gasteiger partial charge in [0.15, 0.2) is 0 Å². The fourth-order valence-electron chi connectivity index (χ4n) is 3.07. The number of aryl methyl sites for hydroxylation is 1. The lowest BCUT2D eigenvalue weighted by Gasteiger charge is -2.40. The molecular weight excluding hydrogens is 310 g/mol. The van der Waals surface area contributed by atoms with Gasteiger partial charge < -0.3 is 0 Å². The summed E-state index contributed by atoms with van der Waals surface area (Å²) in [4.78, 5) is 12.9. The summed E-state index contributed by atoms with van der Waals surface area (Å²) in [5.41, 5.74) is 0.774. The van der Waals surface area contributed by atoms with Crippen molar-refractivity contribution in [1.82, 2.24) is 4.72 Å². The van der Waals surface area contributed by atoms with Crippen molar-refractivity contribution in [3.8, 4) is 0 Å². The third-order valence-electron chi connectivity index (χ3n) is 4.58. The van der Waals surface area contributed by atoms with E-state index in [4.69, 9.17) is 0 Å². The van der Waals surface area contributed by atoms with Gasteiger partial charge in [-0.2, -0.15) is 0 Å². The predicted octanol–water partition coefficient (Wildman–Crippen LogP) is 2.92. The number of hydrogen-bond acceptors (Lipinski definition) is 3. The van der Waals surface area contributed by atoms with E-state index in [-0.39, 0.29) is 4.90 Å². The van der Waals surface area contributed by atoms with E-state index in [1.807, 2.05) is 30.3 Å². The molecule has 120 valence electrons. The van der Waals surface area contributed by atoms with Crippen molar-refractivity contribution in [1.29, 1.82) is 0 Å². The first-order chi connectivity index (χ1) is 11.0. The summed E-state index contributed by atoms with van der Waals surface area (Å²) in [5.74, 6) is -0.432. The van der Waals surface area contributed by atoms with Crippen LogP contribution in [0, 0.1) is 6.92 Å². The Labute approximate surface area is 136 Å². The molecule has 1 N–H and O–H groups in total. The van der Waals surface area contributed by atoms with Crippen molar-refractivity contribution < 1.29 is 13.2 Å². The van der Waals surface area contributed by atoms with Crippen molar-refractivity contribution in [2.75, 3.05) is 0 Å². The van der Waals surface area contributed by atoms with Crippen molar-refractivity contribution >= 4 is 15.9 Å². The molecule has 5 heteroatoms. The van der Waals surface area contributed by atoms with Crippen LogP contribution in [0.25, 0.3) is 0 Å². The fourth-order valence-corrected chi connectivity index (χ4v) is 4.37. The van der Waals surface area contributed by atoms with E-state index in [1.54, 1.807) is 25.1 Å². The largest absolute Gasteiger partial charge is 0.273 e. The Morgan fingerprint density at radius 3 is 2.17 bits per heavy atom. The molecule has 2 aromatic carbocycles. The molecule has 1 amide bonds. The van der Waals surface area contributed by atoms with Crippen molar-refractivity contribution in [2.45, 2.75) is 36.5 Å². The number of nitrogens with one attached hydrogen (secondary N) is 1. The summed E-state index contributed by atoms with van der Waals surface area (Å²) in [5, 5.41) is 0. The molecule has 0 aromatic heterocycles. The third-order valence-corrected chi connectivity index (χ3v) is 6.07. The Hall–Kier alpha value is -2.14. The van der Waals surface area contributed by atoms with E-state index in [0.29, 0.717) is 18.4 Å². The summed E-state index contributed by atoms with van der Waals surface area (Å²) in [6.07, 6.45) is 2.27. The van der Waals surface area contributed by atoms with Gasteiger partial charge in [-0.3, -0.25) is 4.79 Å². The van der Waals surface area contributed by atoms with E-state index >= 15 is 0 Å². The van der Waals surface area contributed by atoms with Crippen LogP contribution < -0.4 is 4.72 Å². The predicted molar refractivity (Wildman–Crippen MR) is 88.5 cm³/mol. The molecule has 0 unspecified atom stereocenters. The molecule has 23 heavy (non-hydrogen) atoms. The van der Waals surface area contributed by atoms with E-state index in [1.165, 1.54) is 6.07 Å². The highest BCUT2D eigenvalue weighted by molar-refractivity contribution is 7.90. The number of rotatable bonds is 4. The molecule has 3 rings (SSSR count). The highest BCUT2D eigenvalue weighted by Gasteiger charge is 2.46. The number of sulfonamides is 1. The number of amides is 1. The molecule has 0 saturated heterocycles. The Bertz CT molecular complexity index is 824. The summed E-state index contributed by atoms with van der Waals surface area (Å²) >= 11 is 0. The SMILES string of the molecule is Cc1ccccc1S(=O)(=O)NC(=O)C1(c2ccccc2)CCC1. The maximum atomic E-state index is 12.8. The van der Waals surface area contributed by atoms with Gasteiger partial charge in [0.1, 0.15) is 0 Å². The van der Waals surface area contributed by atoms with Gasteiger partial charge in [-0.15, -0.1) is 0 Å². The minimum absolute atomic E-state index is 0.149. The van der Waals surface area contributed by atoms with Crippen molar-refractivity contribution in [3.05, 3.63) is 65.7 Å². The normalized spacial score (nSPS) is 16.4. The van der Waals surface area contributed by atoms with Gasteiger partial charge in [-0.05, 0) is 37.0 Å². The summed E-state index contributed by atoms with van der Waals surface area (Å²) in [6, 6.07) is 16.1. The average molecular weight is 329 g/mol. The Balaban J connectivity index is 1.91. The van der Waals surface area contributed by atoms with Crippen LogP contribution >= 0.6 is 0 Å². The average Bonchev–Trinajstić information content (AvgIpc) is 2.47. The van der Waals surface area contributed by atoms with Gasteiger partial charge in [0.2, 0.25) is 5.91 Å². The Morgan fingerprint density at radius 1 is 1.00 bits per heavy atom. The zero-order chi connectivity index (χ0) is 16.5. The first kappa shape index (κ1) is 15.7. The van der Waals surface area contributed by atoms with Crippen LogP contribution in [-0.4, -0.2) is 14.3 Å². The third kappa shape index (κ3) is 2.77. The van der Waals surface area contributed by atoms with Crippen LogP contribution in [0.1, 0.15) is 30.4 Å². The Morgan fingerprint density at radius 2 is 1.61 bits per heavy atom. The molecule has 1 aliphatic carbocycles. The smallest absolute Gasteiger partial charge is 0.264 e. The number of carbonyl (C=O) groups excluding carboxylic acids is 1. The number of hydrogen-bond donors (Lipinski definition) is 1. The van der Waals surface area contributed by atoms with Gasteiger partial charge in [0.25, 0.3) is 10.0 Å². The lowest BCUT2D eigenvalue weighted by molar-refractivity contribution is -0.128. The first-order valence-corrected chi connectivity index (χ1v) is 9.12. The van der Waals surface area contributed by atoms with E-state index < -0.39 is 21.3 Å². The van der Waals surface area contributed by atoms with Crippen molar-refractivity contribution in [3.63, 3.8) is 0 Å². The number of benzene rings is 2. The van der Waals surface area contributed by atoms with Gasteiger partial charge >= 0.3 is 0 Å². The topological polar surface area (TPSA) is 63.2 Å². The van der Waals surface area contributed by atoms with Crippen LogP contribution in [-0.2, 0) is 20.2 Å². The zero-order valence-electron chi connectivity index (χ0n) is 13.0. The van der Waals surface area contributed by atoms with Crippen molar-refractivity contribution in [2.24, 2.45) is 0 Å². The quantitative estimate of drug-likeness (QED) is 0.938. The molecule has 2 aromatic rings. The van der Waals surface area contributed by atoms with Gasteiger partial charge in [0, 0.05) is 0 Å². The van der Waals surface area contributed by atoms with E-state index in [0.717, 1.165) is 12.0 Å². The van der Waals surface area contributed by atoms with Crippen LogP contribution in [0.4, 0.5) is 0 Å². The second-order valence-electron chi connectivity index (χ2n) is 6.00. The fraction of sp³-hybridized carbons (Fsp3) is 0.278. The van der Waals surface area contributed by atoms with E-state index in [9.17, 15) is 13.2 Å². The highest BCUT2D eigenvalue weighted by Crippen LogP contribution is 2.44. The van der Waals surface area contributed by atoms with Gasteiger partial charge in [-0.25, -0.2) is 13.1 Å². The molecule has 0 spiro atoms. The van der Waals surface area contributed by atoms with E-state index in [2.05, 4.69) is 4.72 Å². The summed E-state index contributed by atoms with van der Waals surface area (Å²) < 4.78 is 27.4. The van der Waals surface area contributed by atoms with Crippen LogP contribution in [0.15, 0.2) is 59.5 Å². The second-order valence-corrected chi connectivity index (χ2v) is 7.65. The molecular formula is C18H19NO3S. The molecule has 1 saturated carbocycles. The van der Waals surface area contributed by atoms with Crippen LogP contribution in [0.2, 0.25) is 0 Å². The summed E-state index contributed by atoms with van der Waals surface area (Å²) in [6.45, 7) is 1.72. The molecule has 4 nitrogen and oxygen atoms in total. The second kappa shape index (κ2) is 5.81. The zero-order valence-corrected chi connectivity index (χ0v) is 13.8. The molecule has 0 heterocycles. The number of carbonyl (C=O) groups is 1. The van der Waals surface area contributed by atoms with Crippen LogP contribution in [0.5, 0.6) is 0 Å². The highest BCUT2D eigenvalue weighted by atomic mass is 32.2. The van der Waals surface area contributed by atoms with Crippen LogP contribution in [0.3, 0.4) is 0 Å². The minimum atomic E-state index is -3.86. The Kier molecular flexibility index (Phi) is 3.98. The molecule has 0 atom stereocenters. The maximum Gasteiger partial charge on any atom is 0.264 e. The molecule has 1 aliphatic rings. The van der Waals surface area contributed by atoms with Gasteiger partial charge in [0.05, 0.1) is 10.3 Å². The first-order valence-electron chi connectivity index (χ1n) is 7.64. The maximum absolute atomic E-state index is 12.8. The molecule has 0 aliphatic heterocycles. The molecule has 1 fully saturated rings. The molecule has 0 bridgehead atoms.